The highest BCUT2D eigenvalue weighted by Crippen LogP contribution is 1.98. The lowest BCUT2D eigenvalue weighted by Gasteiger charge is -2.07. The average molecular weight is 202 g/mol. The number of halogens is 1. The van der Waals surface area contributed by atoms with E-state index in [9.17, 15) is 0 Å². The quantitative estimate of drug-likeness (QED) is 0.734. The van der Waals surface area contributed by atoms with Gasteiger partial charge in [0.05, 0.1) is 6.20 Å². The Morgan fingerprint density at radius 1 is 1.69 bits per heavy atom. The molecule has 3 nitrogen and oxygen atoms in total. The molecule has 74 valence electrons. The van der Waals surface area contributed by atoms with Crippen LogP contribution < -0.4 is 5.32 Å². The van der Waals surface area contributed by atoms with Crippen LogP contribution >= 0.6 is 11.6 Å². The highest BCUT2D eigenvalue weighted by Gasteiger charge is 2.00. The molecular formula is C9H16ClN3. The molecule has 0 aromatic carbocycles. The van der Waals surface area contributed by atoms with Crippen LogP contribution in [0.4, 0.5) is 0 Å². The molecule has 0 aliphatic carbocycles. The lowest BCUT2D eigenvalue weighted by molar-refractivity contribution is 0.592. The molecule has 1 N–H and O–H groups in total. The molecule has 1 aromatic heterocycles. The van der Waals surface area contributed by atoms with Gasteiger partial charge in [-0.1, -0.05) is 0 Å². The van der Waals surface area contributed by atoms with Crippen molar-refractivity contribution in [2.45, 2.75) is 33.0 Å². The number of hydrogen-bond donors (Lipinski definition) is 1. The molecule has 1 aromatic rings. The van der Waals surface area contributed by atoms with Gasteiger partial charge >= 0.3 is 0 Å². The monoisotopic (exact) mass is 201 g/mol. The van der Waals surface area contributed by atoms with E-state index in [1.54, 1.807) is 0 Å². The fourth-order valence-corrected chi connectivity index (χ4v) is 1.13. The molecule has 0 saturated heterocycles. The molecule has 0 spiro atoms. The van der Waals surface area contributed by atoms with Gasteiger partial charge in [0.15, 0.2) is 0 Å². The van der Waals surface area contributed by atoms with Gasteiger partial charge in [-0.3, -0.25) is 4.68 Å². The number of hydrogen-bond acceptors (Lipinski definition) is 2. The van der Waals surface area contributed by atoms with Crippen LogP contribution in [0.25, 0.3) is 0 Å². The third-order valence-electron chi connectivity index (χ3n) is 1.90. The van der Waals surface area contributed by atoms with Crippen molar-refractivity contribution < 1.29 is 0 Å². The van der Waals surface area contributed by atoms with Crippen LogP contribution in [0.3, 0.4) is 0 Å². The number of alkyl halides is 1. The molecule has 0 radical (unpaired) electrons. The Balaban J connectivity index is 2.36. The fraction of sp³-hybridized carbons (Fsp3) is 0.667. The second kappa shape index (κ2) is 5.25. The summed E-state index contributed by atoms with van der Waals surface area (Å²) in [6.07, 6.45) is 3.94. The topological polar surface area (TPSA) is 29.9 Å². The van der Waals surface area contributed by atoms with Crippen molar-refractivity contribution in [2.24, 2.45) is 0 Å². The normalized spacial score (nSPS) is 13.2. The van der Waals surface area contributed by atoms with Gasteiger partial charge in [-0.05, 0) is 13.8 Å². The molecule has 1 rings (SSSR count). The molecule has 1 heterocycles. The Kier molecular flexibility index (Phi) is 4.25. The van der Waals surface area contributed by atoms with Crippen LogP contribution in [0, 0.1) is 0 Å². The number of nitrogens with zero attached hydrogens (tertiary/aromatic N) is 2. The van der Waals surface area contributed by atoms with Gasteiger partial charge in [0.25, 0.3) is 0 Å². The zero-order chi connectivity index (χ0) is 9.68. The Morgan fingerprint density at radius 3 is 3.00 bits per heavy atom. The summed E-state index contributed by atoms with van der Waals surface area (Å²) in [4.78, 5) is 0. The fourth-order valence-electron chi connectivity index (χ4n) is 1.02. The molecule has 0 aliphatic rings. The van der Waals surface area contributed by atoms with E-state index in [2.05, 4.69) is 24.3 Å². The maximum atomic E-state index is 5.67. The van der Waals surface area contributed by atoms with E-state index in [0.29, 0.717) is 11.9 Å². The lowest BCUT2D eigenvalue weighted by atomic mass is 10.3. The summed E-state index contributed by atoms with van der Waals surface area (Å²) in [5.74, 6) is 0.641. The molecule has 0 fully saturated rings. The summed E-state index contributed by atoms with van der Waals surface area (Å²) in [5.41, 5.74) is 1.21. The maximum absolute atomic E-state index is 5.67. The summed E-state index contributed by atoms with van der Waals surface area (Å²) in [5, 5.41) is 7.48. The number of aromatic nitrogens is 2. The number of nitrogens with one attached hydrogen (secondary N) is 1. The second-order valence-corrected chi connectivity index (χ2v) is 3.45. The first-order chi connectivity index (χ1) is 6.26. The van der Waals surface area contributed by atoms with Crippen molar-refractivity contribution in [1.82, 2.24) is 15.1 Å². The SMILES string of the molecule is CCn1cc(CNC(C)CCl)cn1. The van der Waals surface area contributed by atoms with Gasteiger partial charge in [-0.15, -0.1) is 11.6 Å². The third-order valence-corrected chi connectivity index (χ3v) is 2.36. The molecule has 1 unspecified atom stereocenters. The van der Waals surface area contributed by atoms with Gasteiger partial charge in [0.1, 0.15) is 0 Å². The van der Waals surface area contributed by atoms with Crippen LogP contribution in [0.5, 0.6) is 0 Å². The largest absolute Gasteiger partial charge is 0.309 e. The minimum absolute atomic E-state index is 0.353. The van der Waals surface area contributed by atoms with E-state index in [1.807, 2.05) is 17.1 Å². The Bertz CT molecular complexity index is 247. The molecule has 13 heavy (non-hydrogen) atoms. The van der Waals surface area contributed by atoms with Crippen molar-refractivity contribution in [2.75, 3.05) is 5.88 Å². The zero-order valence-corrected chi connectivity index (χ0v) is 8.88. The predicted molar refractivity (Wildman–Crippen MR) is 54.9 cm³/mol. The van der Waals surface area contributed by atoms with Crippen LogP contribution in [-0.4, -0.2) is 21.7 Å². The standard InChI is InChI=1S/C9H16ClN3/c1-3-13-7-9(6-12-13)5-11-8(2)4-10/h6-8,11H,3-5H2,1-2H3. The maximum Gasteiger partial charge on any atom is 0.0534 e. The van der Waals surface area contributed by atoms with Crippen molar-refractivity contribution in [3.63, 3.8) is 0 Å². The molecule has 4 heteroatoms. The molecule has 0 amide bonds. The predicted octanol–water partition coefficient (Wildman–Crippen LogP) is 1.62. The third kappa shape index (κ3) is 3.36. The highest BCUT2D eigenvalue weighted by molar-refractivity contribution is 6.18. The lowest BCUT2D eigenvalue weighted by Crippen LogP contribution is -2.26. The highest BCUT2D eigenvalue weighted by atomic mass is 35.5. The van der Waals surface area contributed by atoms with E-state index in [0.717, 1.165) is 13.1 Å². The smallest absolute Gasteiger partial charge is 0.0534 e. The summed E-state index contributed by atoms with van der Waals surface area (Å²) in [6.45, 7) is 5.90. The minimum Gasteiger partial charge on any atom is -0.309 e. The molecular weight excluding hydrogens is 186 g/mol. The first kappa shape index (κ1) is 10.5. The minimum atomic E-state index is 0.353. The first-order valence-electron chi connectivity index (χ1n) is 4.57. The van der Waals surface area contributed by atoms with Gasteiger partial charge in [0, 0.05) is 36.8 Å². The van der Waals surface area contributed by atoms with Crippen LogP contribution in [-0.2, 0) is 13.1 Å². The van der Waals surface area contributed by atoms with E-state index in [4.69, 9.17) is 11.6 Å². The van der Waals surface area contributed by atoms with E-state index >= 15 is 0 Å². The summed E-state index contributed by atoms with van der Waals surface area (Å²) in [7, 11) is 0. The molecule has 1 atom stereocenters. The van der Waals surface area contributed by atoms with Crippen LogP contribution in [0.15, 0.2) is 12.4 Å². The van der Waals surface area contributed by atoms with Crippen LogP contribution in [0.1, 0.15) is 19.4 Å². The average Bonchev–Trinajstić information content (AvgIpc) is 2.61. The molecule has 0 bridgehead atoms. The van der Waals surface area contributed by atoms with Gasteiger partial charge in [0.2, 0.25) is 0 Å². The first-order valence-corrected chi connectivity index (χ1v) is 5.10. The van der Waals surface area contributed by atoms with Gasteiger partial charge in [-0.25, -0.2) is 0 Å². The van der Waals surface area contributed by atoms with Crippen LogP contribution in [0.2, 0.25) is 0 Å². The Hall–Kier alpha value is -0.540. The zero-order valence-electron chi connectivity index (χ0n) is 8.13. The van der Waals surface area contributed by atoms with Crippen molar-refractivity contribution in [3.05, 3.63) is 18.0 Å². The summed E-state index contributed by atoms with van der Waals surface area (Å²) in [6, 6.07) is 0.353. The van der Waals surface area contributed by atoms with E-state index < -0.39 is 0 Å². The molecule has 0 saturated carbocycles. The molecule has 0 aliphatic heterocycles. The van der Waals surface area contributed by atoms with Crippen molar-refractivity contribution >= 4 is 11.6 Å². The number of aryl methyl sites for hydroxylation is 1. The van der Waals surface area contributed by atoms with Gasteiger partial charge in [-0.2, -0.15) is 5.10 Å². The summed E-state index contributed by atoms with van der Waals surface area (Å²) >= 11 is 5.67. The summed E-state index contributed by atoms with van der Waals surface area (Å²) < 4.78 is 1.92. The Labute approximate surface area is 84.1 Å². The Morgan fingerprint density at radius 2 is 2.46 bits per heavy atom. The van der Waals surface area contributed by atoms with Crippen molar-refractivity contribution in [1.29, 1.82) is 0 Å². The van der Waals surface area contributed by atoms with E-state index in [1.165, 1.54) is 5.56 Å². The second-order valence-electron chi connectivity index (χ2n) is 3.14. The van der Waals surface area contributed by atoms with Gasteiger partial charge < -0.3 is 5.32 Å². The van der Waals surface area contributed by atoms with E-state index in [-0.39, 0.29) is 0 Å². The van der Waals surface area contributed by atoms with Crippen molar-refractivity contribution in [3.8, 4) is 0 Å². The number of rotatable bonds is 5.